The summed E-state index contributed by atoms with van der Waals surface area (Å²) in [6.45, 7) is 0. The Morgan fingerprint density at radius 3 is 2.41 bits per heavy atom. The maximum Gasteiger partial charge on any atom is 0.341 e. The van der Waals surface area contributed by atoms with Crippen molar-refractivity contribution in [1.29, 1.82) is 0 Å². The van der Waals surface area contributed by atoms with E-state index in [1.54, 1.807) is 0 Å². The number of nitro groups is 1. The van der Waals surface area contributed by atoms with Crippen LogP contribution in [0.2, 0.25) is 0 Å². The normalized spacial score (nSPS) is 15.7. The molecule has 116 valence electrons. The summed E-state index contributed by atoms with van der Waals surface area (Å²) in [4.78, 5) is 24.8. The lowest BCUT2D eigenvalue weighted by Gasteiger charge is -2.05. The van der Waals surface area contributed by atoms with Crippen LogP contribution in [0.1, 0.15) is 18.4 Å². The van der Waals surface area contributed by atoms with E-state index < -0.39 is 45.1 Å². The van der Waals surface area contributed by atoms with Crippen LogP contribution in [-0.2, 0) is 4.79 Å². The lowest BCUT2D eigenvalue weighted by atomic mass is 10.1. The number of benzene rings is 1. The predicted molar refractivity (Wildman–Crippen MR) is 71.7 cm³/mol. The Hall–Kier alpha value is -2.84. The molecule has 2 rings (SSSR count). The summed E-state index contributed by atoms with van der Waals surface area (Å²) < 4.78 is 26.3. The van der Waals surface area contributed by atoms with Crippen LogP contribution in [0.3, 0.4) is 0 Å². The molecular formula is C13H10F2N2O5. The number of aliphatic hydroxyl groups excluding tert-OH is 1. The molecule has 0 aromatic heterocycles. The molecule has 0 aliphatic heterocycles. The van der Waals surface area contributed by atoms with Gasteiger partial charge in [0.1, 0.15) is 11.3 Å². The fourth-order valence-corrected chi connectivity index (χ4v) is 1.64. The SMILES string of the molecule is O=C(O)C(C=NC1CC1)=C(O)c1cc(F)c(F)cc1[N+](=O)[O-]. The average Bonchev–Trinajstić information content (AvgIpc) is 3.24. The average molecular weight is 312 g/mol. The molecule has 0 unspecified atom stereocenters. The molecule has 1 saturated carbocycles. The Morgan fingerprint density at radius 1 is 1.32 bits per heavy atom. The summed E-state index contributed by atoms with van der Waals surface area (Å²) in [6, 6.07) is 0.594. The number of carbonyl (C=O) groups is 1. The van der Waals surface area contributed by atoms with Crippen molar-refractivity contribution >= 4 is 23.6 Å². The van der Waals surface area contributed by atoms with Gasteiger partial charge in [-0.2, -0.15) is 0 Å². The molecule has 2 N–H and O–H groups in total. The summed E-state index contributed by atoms with van der Waals surface area (Å²) >= 11 is 0. The quantitative estimate of drug-likeness (QED) is 0.285. The minimum absolute atomic E-state index is 0.0536. The largest absolute Gasteiger partial charge is 0.506 e. The summed E-state index contributed by atoms with van der Waals surface area (Å²) in [5.41, 5.74) is -2.42. The van der Waals surface area contributed by atoms with E-state index in [2.05, 4.69) is 4.99 Å². The number of aliphatic carboxylic acids is 1. The van der Waals surface area contributed by atoms with E-state index in [1.807, 2.05) is 0 Å². The first kappa shape index (κ1) is 15.5. The monoisotopic (exact) mass is 312 g/mol. The number of rotatable bonds is 5. The molecule has 7 nitrogen and oxygen atoms in total. The van der Waals surface area contributed by atoms with Crippen LogP contribution >= 0.6 is 0 Å². The summed E-state index contributed by atoms with van der Waals surface area (Å²) in [5.74, 6) is -5.58. The fourth-order valence-electron chi connectivity index (χ4n) is 1.64. The van der Waals surface area contributed by atoms with Crippen molar-refractivity contribution in [2.75, 3.05) is 0 Å². The number of aliphatic hydroxyl groups is 1. The van der Waals surface area contributed by atoms with Gasteiger partial charge < -0.3 is 10.2 Å². The number of aliphatic imine (C=N–C) groups is 1. The van der Waals surface area contributed by atoms with Crippen LogP contribution in [0.4, 0.5) is 14.5 Å². The standard InChI is InChI=1S/C13H10F2N2O5/c14-9-3-7(11(17(21)22)4-10(9)15)12(18)8(13(19)20)5-16-6-1-2-6/h3-6,18H,1-2H2,(H,19,20). The highest BCUT2D eigenvalue weighted by Gasteiger charge is 2.26. The van der Waals surface area contributed by atoms with Gasteiger partial charge >= 0.3 is 5.97 Å². The third-order valence-electron chi connectivity index (χ3n) is 2.94. The van der Waals surface area contributed by atoms with Gasteiger partial charge in [-0.25, -0.2) is 13.6 Å². The maximum atomic E-state index is 13.3. The molecule has 9 heteroatoms. The number of carboxylic acid groups (broad SMARTS) is 1. The van der Waals surface area contributed by atoms with Gasteiger partial charge in [0.15, 0.2) is 11.6 Å². The Kier molecular flexibility index (Phi) is 4.15. The number of carboxylic acids is 1. The molecule has 0 heterocycles. The first-order valence-corrected chi connectivity index (χ1v) is 6.14. The van der Waals surface area contributed by atoms with Crippen molar-refractivity contribution in [3.63, 3.8) is 0 Å². The minimum Gasteiger partial charge on any atom is -0.506 e. The maximum absolute atomic E-state index is 13.3. The minimum atomic E-state index is -1.60. The van der Waals surface area contributed by atoms with Crippen molar-refractivity contribution in [3.05, 3.63) is 45.0 Å². The second-order valence-electron chi connectivity index (χ2n) is 4.62. The molecule has 1 aromatic carbocycles. The Labute approximate surface area is 122 Å². The number of hydrogen-bond donors (Lipinski definition) is 2. The van der Waals surface area contributed by atoms with E-state index in [-0.39, 0.29) is 12.1 Å². The van der Waals surface area contributed by atoms with E-state index >= 15 is 0 Å². The Bertz CT molecular complexity index is 711. The van der Waals surface area contributed by atoms with Gasteiger partial charge in [-0.05, 0) is 18.9 Å². The van der Waals surface area contributed by atoms with Gasteiger partial charge in [0, 0.05) is 6.21 Å². The molecule has 0 atom stereocenters. The van der Waals surface area contributed by atoms with Crippen LogP contribution < -0.4 is 0 Å². The summed E-state index contributed by atoms with van der Waals surface area (Å²) in [5, 5.41) is 29.8. The molecular weight excluding hydrogens is 302 g/mol. The van der Waals surface area contributed by atoms with Gasteiger partial charge in [-0.1, -0.05) is 0 Å². The van der Waals surface area contributed by atoms with Crippen molar-refractivity contribution in [2.24, 2.45) is 4.99 Å². The van der Waals surface area contributed by atoms with E-state index in [1.165, 1.54) is 0 Å². The van der Waals surface area contributed by atoms with Crippen molar-refractivity contribution < 1.29 is 28.7 Å². The summed E-state index contributed by atoms with van der Waals surface area (Å²) in [7, 11) is 0. The topological polar surface area (TPSA) is 113 Å². The molecule has 0 saturated heterocycles. The fraction of sp³-hybridized carbons (Fsp3) is 0.231. The van der Waals surface area contributed by atoms with Gasteiger partial charge in [0.2, 0.25) is 0 Å². The molecule has 22 heavy (non-hydrogen) atoms. The first-order chi connectivity index (χ1) is 10.3. The number of nitrogens with zero attached hydrogens (tertiary/aromatic N) is 2. The van der Waals surface area contributed by atoms with Gasteiger partial charge in [-0.3, -0.25) is 15.1 Å². The Morgan fingerprint density at radius 2 is 1.91 bits per heavy atom. The molecule has 0 amide bonds. The third kappa shape index (κ3) is 3.25. The lowest BCUT2D eigenvalue weighted by Crippen LogP contribution is -2.08. The van der Waals surface area contributed by atoms with Crippen molar-refractivity contribution in [3.8, 4) is 0 Å². The number of halogens is 2. The van der Waals surface area contributed by atoms with E-state index in [4.69, 9.17) is 5.11 Å². The third-order valence-corrected chi connectivity index (χ3v) is 2.94. The molecule has 1 aliphatic rings. The van der Waals surface area contributed by atoms with Gasteiger partial charge in [-0.15, -0.1) is 0 Å². The van der Waals surface area contributed by atoms with E-state index in [0.29, 0.717) is 6.07 Å². The molecule has 1 fully saturated rings. The first-order valence-electron chi connectivity index (χ1n) is 6.14. The second kappa shape index (κ2) is 5.88. The predicted octanol–water partition coefficient (Wildman–Crippen LogP) is 2.46. The highest BCUT2D eigenvalue weighted by molar-refractivity contribution is 6.14. The summed E-state index contributed by atoms with van der Waals surface area (Å²) in [6.07, 6.45) is 2.41. The van der Waals surface area contributed by atoms with Crippen LogP contribution in [-0.4, -0.2) is 33.4 Å². The van der Waals surface area contributed by atoms with Crippen LogP contribution in [0.25, 0.3) is 5.76 Å². The highest BCUT2D eigenvalue weighted by Crippen LogP contribution is 2.29. The zero-order chi connectivity index (χ0) is 16.4. The Balaban J connectivity index is 2.59. The number of nitro benzene ring substituents is 1. The lowest BCUT2D eigenvalue weighted by molar-refractivity contribution is -0.385. The highest BCUT2D eigenvalue weighted by atomic mass is 19.2. The van der Waals surface area contributed by atoms with Crippen LogP contribution in [0.15, 0.2) is 22.7 Å². The smallest absolute Gasteiger partial charge is 0.341 e. The number of hydrogen-bond acceptors (Lipinski definition) is 5. The van der Waals surface area contributed by atoms with Gasteiger partial charge in [0.05, 0.1) is 22.6 Å². The van der Waals surface area contributed by atoms with E-state index in [0.717, 1.165) is 19.1 Å². The van der Waals surface area contributed by atoms with E-state index in [9.17, 15) is 28.8 Å². The van der Waals surface area contributed by atoms with Gasteiger partial charge in [0.25, 0.3) is 5.69 Å². The van der Waals surface area contributed by atoms with Crippen molar-refractivity contribution in [1.82, 2.24) is 0 Å². The zero-order valence-electron chi connectivity index (χ0n) is 11.0. The zero-order valence-corrected chi connectivity index (χ0v) is 11.0. The molecule has 0 bridgehead atoms. The van der Waals surface area contributed by atoms with Crippen LogP contribution in [0.5, 0.6) is 0 Å². The molecule has 1 aromatic rings. The second-order valence-corrected chi connectivity index (χ2v) is 4.62. The molecule has 0 radical (unpaired) electrons. The molecule has 1 aliphatic carbocycles. The van der Waals surface area contributed by atoms with Crippen LogP contribution in [0, 0.1) is 21.7 Å². The van der Waals surface area contributed by atoms with Crippen molar-refractivity contribution in [2.45, 2.75) is 18.9 Å². The molecule has 0 spiro atoms.